The number of hydrogen-bond acceptors (Lipinski definition) is 3. The first kappa shape index (κ1) is 16.0. The molecule has 0 saturated carbocycles. The second-order valence-electron chi connectivity index (χ2n) is 5.90. The first-order valence-electron chi connectivity index (χ1n) is 7.63. The third kappa shape index (κ3) is 3.84. The number of nitrogens with zero attached hydrogens (tertiary/aromatic N) is 1. The molecular formula is C16H24N2O2S. The Bertz CT molecular complexity index is 486. The highest BCUT2D eigenvalue weighted by Gasteiger charge is 2.35. The van der Waals surface area contributed by atoms with Crippen LogP contribution in [0.15, 0.2) is 16.8 Å². The second kappa shape index (κ2) is 7.07. The lowest BCUT2D eigenvalue weighted by Gasteiger charge is -2.30. The number of nitrogens with one attached hydrogen (secondary N) is 1. The quantitative estimate of drug-likeness (QED) is 0.908. The van der Waals surface area contributed by atoms with E-state index in [1.165, 1.54) is 5.56 Å². The highest BCUT2D eigenvalue weighted by molar-refractivity contribution is 7.07. The van der Waals surface area contributed by atoms with Crippen molar-refractivity contribution in [2.75, 3.05) is 6.54 Å². The molecule has 3 atom stereocenters. The number of hydrogen-bond donors (Lipinski definition) is 1. The molecule has 21 heavy (non-hydrogen) atoms. The van der Waals surface area contributed by atoms with Gasteiger partial charge >= 0.3 is 0 Å². The first-order valence-corrected chi connectivity index (χ1v) is 8.58. The van der Waals surface area contributed by atoms with Gasteiger partial charge in [0.05, 0.1) is 0 Å². The summed E-state index contributed by atoms with van der Waals surface area (Å²) < 4.78 is 0. The highest BCUT2D eigenvalue weighted by atomic mass is 32.1. The van der Waals surface area contributed by atoms with Gasteiger partial charge in [-0.1, -0.05) is 20.3 Å². The van der Waals surface area contributed by atoms with Crippen molar-refractivity contribution in [1.29, 1.82) is 0 Å². The summed E-state index contributed by atoms with van der Waals surface area (Å²) in [6, 6.07) is 1.67. The van der Waals surface area contributed by atoms with Gasteiger partial charge in [0.15, 0.2) is 0 Å². The van der Waals surface area contributed by atoms with Gasteiger partial charge in [0.2, 0.25) is 11.8 Å². The van der Waals surface area contributed by atoms with Crippen LogP contribution in [0, 0.1) is 5.92 Å². The lowest BCUT2D eigenvalue weighted by molar-refractivity contribution is -0.136. The van der Waals surface area contributed by atoms with Crippen molar-refractivity contribution < 1.29 is 9.59 Å². The van der Waals surface area contributed by atoms with Crippen LogP contribution in [0.25, 0.3) is 0 Å². The second-order valence-corrected chi connectivity index (χ2v) is 6.68. The SMILES string of the molecule is CCC(C)C1NC(=O)CC(C)N(CCc2ccsc2)C1=O. The molecule has 1 aromatic rings. The van der Waals surface area contributed by atoms with Crippen LogP contribution >= 0.6 is 11.3 Å². The van der Waals surface area contributed by atoms with Crippen molar-refractivity contribution in [3.63, 3.8) is 0 Å². The molecule has 0 aliphatic carbocycles. The van der Waals surface area contributed by atoms with E-state index in [2.05, 4.69) is 22.1 Å². The zero-order valence-corrected chi connectivity index (χ0v) is 13.8. The van der Waals surface area contributed by atoms with E-state index in [9.17, 15) is 9.59 Å². The molecule has 1 aliphatic heterocycles. The molecule has 0 aromatic carbocycles. The van der Waals surface area contributed by atoms with Crippen molar-refractivity contribution in [3.8, 4) is 0 Å². The van der Waals surface area contributed by atoms with Crippen molar-refractivity contribution in [2.24, 2.45) is 5.92 Å². The molecule has 2 rings (SSSR count). The van der Waals surface area contributed by atoms with Gasteiger partial charge in [0, 0.05) is 19.0 Å². The number of carbonyl (C=O) groups excluding carboxylic acids is 2. The van der Waals surface area contributed by atoms with E-state index in [-0.39, 0.29) is 29.8 Å². The fourth-order valence-corrected chi connectivity index (χ4v) is 3.41. The molecule has 1 aliphatic rings. The van der Waals surface area contributed by atoms with Crippen molar-refractivity contribution in [2.45, 2.75) is 52.1 Å². The summed E-state index contributed by atoms with van der Waals surface area (Å²) in [5.74, 6) is 0.215. The smallest absolute Gasteiger partial charge is 0.245 e. The first-order chi connectivity index (χ1) is 10.0. The summed E-state index contributed by atoms with van der Waals surface area (Å²) in [4.78, 5) is 26.6. The Kier molecular flexibility index (Phi) is 5.39. The minimum Gasteiger partial charge on any atom is -0.344 e. The average molecular weight is 308 g/mol. The maximum atomic E-state index is 12.8. The monoisotopic (exact) mass is 308 g/mol. The van der Waals surface area contributed by atoms with Gasteiger partial charge in [-0.15, -0.1) is 0 Å². The number of thiophene rings is 1. The molecule has 2 amide bonds. The Morgan fingerprint density at radius 3 is 2.86 bits per heavy atom. The number of carbonyl (C=O) groups is 2. The summed E-state index contributed by atoms with van der Waals surface area (Å²) in [6.07, 6.45) is 2.12. The molecule has 2 heterocycles. The van der Waals surface area contributed by atoms with E-state index < -0.39 is 0 Å². The van der Waals surface area contributed by atoms with Gasteiger partial charge < -0.3 is 10.2 Å². The molecule has 1 aromatic heterocycles. The molecule has 3 unspecified atom stereocenters. The standard InChI is InChI=1S/C16H24N2O2S/c1-4-11(2)15-16(20)18(12(3)9-14(19)17-15)7-5-13-6-8-21-10-13/h6,8,10-12,15H,4-5,7,9H2,1-3H3,(H,17,19). The van der Waals surface area contributed by atoms with Gasteiger partial charge in [-0.2, -0.15) is 11.3 Å². The van der Waals surface area contributed by atoms with Crippen LogP contribution in [-0.4, -0.2) is 35.3 Å². The summed E-state index contributed by atoms with van der Waals surface area (Å²) in [7, 11) is 0. The summed E-state index contributed by atoms with van der Waals surface area (Å²) >= 11 is 1.67. The molecule has 1 N–H and O–H groups in total. The van der Waals surface area contributed by atoms with Crippen LogP contribution in [-0.2, 0) is 16.0 Å². The maximum Gasteiger partial charge on any atom is 0.245 e. The predicted molar refractivity (Wildman–Crippen MR) is 85.2 cm³/mol. The molecular weight excluding hydrogens is 284 g/mol. The predicted octanol–water partition coefficient (Wildman–Crippen LogP) is 2.44. The van der Waals surface area contributed by atoms with Crippen LogP contribution in [0.5, 0.6) is 0 Å². The topological polar surface area (TPSA) is 49.4 Å². The summed E-state index contributed by atoms with van der Waals surface area (Å²) in [5, 5.41) is 7.07. The maximum absolute atomic E-state index is 12.8. The van der Waals surface area contributed by atoms with Crippen molar-refractivity contribution >= 4 is 23.2 Å². The minimum absolute atomic E-state index is 0.0146. The van der Waals surface area contributed by atoms with Crippen LogP contribution in [0.1, 0.15) is 39.2 Å². The van der Waals surface area contributed by atoms with Gasteiger partial charge in [-0.3, -0.25) is 9.59 Å². The normalized spacial score (nSPS) is 24.6. The minimum atomic E-state index is -0.380. The van der Waals surface area contributed by atoms with E-state index in [0.29, 0.717) is 13.0 Å². The van der Waals surface area contributed by atoms with Crippen LogP contribution < -0.4 is 5.32 Å². The Hall–Kier alpha value is -1.36. The highest BCUT2D eigenvalue weighted by Crippen LogP contribution is 2.19. The Morgan fingerprint density at radius 1 is 1.48 bits per heavy atom. The van der Waals surface area contributed by atoms with Gasteiger partial charge in [0.1, 0.15) is 6.04 Å². The molecule has 1 fully saturated rings. The fraction of sp³-hybridized carbons (Fsp3) is 0.625. The molecule has 116 valence electrons. The fourth-order valence-electron chi connectivity index (χ4n) is 2.70. The summed E-state index contributed by atoms with van der Waals surface area (Å²) in [6.45, 7) is 6.72. The average Bonchev–Trinajstić information content (AvgIpc) is 2.93. The number of amides is 2. The third-order valence-corrected chi connectivity index (χ3v) is 5.05. The van der Waals surface area contributed by atoms with Gasteiger partial charge in [-0.25, -0.2) is 0 Å². The molecule has 0 spiro atoms. The molecule has 4 nitrogen and oxygen atoms in total. The summed E-state index contributed by atoms with van der Waals surface area (Å²) in [5.41, 5.74) is 1.25. The van der Waals surface area contributed by atoms with Gasteiger partial charge in [-0.05, 0) is 41.7 Å². The lowest BCUT2D eigenvalue weighted by atomic mass is 9.98. The zero-order chi connectivity index (χ0) is 15.4. The van der Waals surface area contributed by atoms with E-state index in [1.807, 2.05) is 25.7 Å². The van der Waals surface area contributed by atoms with Crippen LogP contribution in [0.3, 0.4) is 0 Å². The lowest BCUT2D eigenvalue weighted by Crippen LogP contribution is -2.50. The van der Waals surface area contributed by atoms with Gasteiger partial charge in [0.25, 0.3) is 0 Å². The molecule has 0 radical (unpaired) electrons. The molecule has 5 heteroatoms. The van der Waals surface area contributed by atoms with E-state index in [0.717, 1.165) is 12.8 Å². The number of rotatable bonds is 5. The zero-order valence-electron chi connectivity index (χ0n) is 13.0. The van der Waals surface area contributed by atoms with Crippen molar-refractivity contribution in [3.05, 3.63) is 22.4 Å². The third-order valence-electron chi connectivity index (χ3n) is 4.31. The Morgan fingerprint density at radius 2 is 2.24 bits per heavy atom. The van der Waals surface area contributed by atoms with Crippen LogP contribution in [0.2, 0.25) is 0 Å². The van der Waals surface area contributed by atoms with E-state index >= 15 is 0 Å². The van der Waals surface area contributed by atoms with Crippen molar-refractivity contribution in [1.82, 2.24) is 10.2 Å². The molecule has 1 saturated heterocycles. The largest absolute Gasteiger partial charge is 0.344 e. The Balaban J connectivity index is 2.11. The molecule has 0 bridgehead atoms. The van der Waals surface area contributed by atoms with Crippen LogP contribution in [0.4, 0.5) is 0 Å². The van der Waals surface area contributed by atoms with E-state index in [4.69, 9.17) is 0 Å². The Labute approximate surface area is 130 Å². The van der Waals surface area contributed by atoms with E-state index in [1.54, 1.807) is 11.3 Å².